The molecule has 0 spiro atoms. The highest BCUT2D eigenvalue weighted by atomic mass is 16.1. The van der Waals surface area contributed by atoms with Gasteiger partial charge >= 0.3 is 0 Å². The summed E-state index contributed by atoms with van der Waals surface area (Å²) in [6.45, 7) is 7.93. The molecule has 0 radical (unpaired) electrons. The average molecular weight is 209 g/mol. The SMILES string of the molecule is CC1CC(=O)C(CN2CCCC2)C(C)C1. The molecule has 0 aromatic carbocycles. The summed E-state index contributed by atoms with van der Waals surface area (Å²) in [7, 11) is 0. The lowest BCUT2D eigenvalue weighted by Crippen LogP contribution is -2.39. The van der Waals surface area contributed by atoms with Gasteiger partial charge in [-0.3, -0.25) is 4.79 Å². The number of nitrogens with zero attached hydrogens (tertiary/aromatic N) is 1. The monoisotopic (exact) mass is 209 g/mol. The minimum absolute atomic E-state index is 0.333. The molecular formula is C13H23NO. The van der Waals surface area contributed by atoms with E-state index in [1.807, 2.05) is 0 Å². The Morgan fingerprint density at radius 3 is 2.53 bits per heavy atom. The van der Waals surface area contributed by atoms with E-state index in [4.69, 9.17) is 0 Å². The molecule has 3 unspecified atom stereocenters. The molecule has 2 nitrogen and oxygen atoms in total. The van der Waals surface area contributed by atoms with Crippen LogP contribution >= 0.6 is 0 Å². The van der Waals surface area contributed by atoms with E-state index < -0.39 is 0 Å². The van der Waals surface area contributed by atoms with Gasteiger partial charge in [0.15, 0.2) is 0 Å². The molecule has 1 heterocycles. The van der Waals surface area contributed by atoms with Crippen LogP contribution in [0.2, 0.25) is 0 Å². The number of hydrogen-bond donors (Lipinski definition) is 0. The van der Waals surface area contributed by atoms with Crippen LogP contribution in [0, 0.1) is 17.8 Å². The predicted octanol–water partition coefficient (Wildman–Crippen LogP) is 2.33. The Morgan fingerprint density at radius 2 is 1.93 bits per heavy atom. The van der Waals surface area contributed by atoms with Crippen molar-refractivity contribution in [3.63, 3.8) is 0 Å². The van der Waals surface area contributed by atoms with Crippen molar-refractivity contribution in [2.24, 2.45) is 17.8 Å². The van der Waals surface area contributed by atoms with Crippen LogP contribution in [0.25, 0.3) is 0 Å². The molecule has 0 N–H and O–H groups in total. The number of ketones is 1. The van der Waals surface area contributed by atoms with E-state index in [-0.39, 0.29) is 0 Å². The lowest BCUT2D eigenvalue weighted by molar-refractivity contribution is -0.128. The summed E-state index contributed by atoms with van der Waals surface area (Å²) >= 11 is 0. The second-order valence-electron chi connectivity index (χ2n) is 5.60. The molecule has 2 rings (SSSR count). The number of likely N-dealkylation sites (tertiary alicyclic amines) is 1. The van der Waals surface area contributed by atoms with Gasteiger partial charge in [0.2, 0.25) is 0 Å². The second kappa shape index (κ2) is 4.65. The lowest BCUT2D eigenvalue weighted by atomic mass is 9.74. The maximum atomic E-state index is 12.0. The van der Waals surface area contributed by atoms with Crippen LogP contribution in [-0.2, 0) is 4.79 Å². The topological polar surface area (TPSA) is 20.3 Å². The van der Waals surface area contributed by atoms with E-state index in [1.165, 1.54) is 32.4 Å². The Morgan fingerprint density at radius 1 is 1.27 bits per heavy atom. The highest BCUT2D eigenvalue weighted by Gasteiger charge is 2.33. The fourth-order valence-electron chi connectivity index (χ4n) is 3.22. The van der Waals surface area contributed by atoms with Crippen LogP contribution in [0.1, 0.15) is 39.5 Å². The summed E-state index contributed by atoms with van der Waals surface area (Å²) in [6, 6.07) is 0. The van der Waals surface area contributed by atoms with Gasteiger partial charge in [-0.05, 0) is 44.2 Å². The minimum atomic E-state index is 0.333. The summed E-state index contributed by atoms with van der Waals surface area (Å²) < 4.78 is 0. The highest BCUT2D eigenvalue weighted by Crippen LogP contribution is 2.32. The number of rotatable bonds is 2. The Bertz CT molecular complexity index is 233. The number of carbonyl (C=O) groups excluding carboxylic acids is 1. The Hall–Kier alpha value is -0.370. The summed E-state index contributed by atoms with van der Waals surface area (Å²) in [5.74, 6) is 2.07. The third-order valence-corrected chi connectivity index (χ3v) is 4.08. The molecule has 0 aromatic rings. The summed E-state index contributed by atoms with van der Waals surface area (Å²) in [6.07, 6.45) is 4.71. The van der Waals surface area contributed by atoms with Gasteiger partial charge in [0.25, 0.3) is 0 Å². The zero-order valence-electron chi connectivity index (χ0n) is 10.0. The number of carbonyl (C=O) groups is 1. The van der Waals surface area contributed by atoms with Crippen LogP contribution in [-0.4, -0.2) is 30.3 Å². The average Bonchev–Trinajstić information content (AvgIpc) is 2.63. The second-order valence-corrected chi connectivity index (χ2v) is 5.60. The van der Waals surface area contributed by atoms with Gasteiger partial charge in [-0.25, -0.2) is 0 Å². The van der Waals surface area contributed by atoms with E-state index in [2.05, 4.69) is 18.7 Å². The van der Waals surface area contributed by atoms with E-state index >= 15 is 0 Å². The van der Waals surface area contributed by atoms with E-state index in [0.29, 0.717) is 23.5 Å². The van der Waals surface area contributed by atoms with Gasteiger partial charge in [-0.1, -0.05) is 13.8 Å². The van der Waals surface area contributed by atoms with Gasteiger partial charge in [-0.2, -0.15) is 0 Å². The Balaban J connectivity index is 1.91. The lowest BCUT2D eigenvalue weighted by Gasteiger charge is -2.33. The van der Waals surface area contributed by atoms with Gasteiger partial charge in [0, 0.05) is 18.9 Å². The van der Waals surface area contributed by atoms with Crippen molar-refractivity contribution >= 4 is 5.78 Å². The maximum Gasteiger partial charge on any atom is 0.137 e. The summed E-state index contributed by atoms with van der Waals surface area (Å²) in [5, 5.41) is 0. The molecule has 2 heteroatoms. The van der Waals surface area contributed by atoms with E-state index in [9.17, 15) is 4.79 Å². The van der Waals surface area contributed by atoms with Gasteiger partial charge in [-0.15, -0.1) is 0 Å². The molecule has 2 fully saturated rings. The quantitative estimate of drug-likeness (QED) is 0.695. The first-order chi connectivity index (χ1) is 7.16. The molecule has 3 atom stereocenters. The number of Topliss-reactive ketones (excluding diaryl/α,β-unsaturated/α-hetero) is 1. The molecule has 86 valence electrons. The van der Waals surface area contributed by atoms with Crippen LogP contribution in [0.4, 0.5) is 0 Å². The first kappa shape index (κ1) is 11.1. The van der Waals surface area contributed by atoms with Crippen molar-refractivity contribution in [3.8, 4) is 0 Å². The van der Waals surface area contributed by atoms with Gasteiger partial charge in [0.1, 0.15) is 5.78 Å². The molecule has 2 aliphatic rings. The molecule has 0 amide bonds. The van der Waals surface area contributed by atoms with Crippen molar-refractivity contribution in [2.75, 3.05) is 19.6 Å². The molecule has 15 heavy (non-hydrogen) atoms. The van der Waals surface area contributed by atoms with Gasteiger partial charge in [0.05, 0.1) is 0 Å². The standard InChI is InChI=1S/C13H23NO/c1-10-7-11(2)12(13(15)8-10)9-14-5-3-4-6-14/h10-12H,3-9H2,1-2H3. The molecule has 1 saturated carbocycles. The highest BCUT2D eigenvalue weighted by molar-refractivity contribution is 5.82. The zero-order valence-corrected chi connectivity index (χ0v) is 10.0. The van der Waals surface area contributed by atoms with Crippen molar-refractivity contribution < 1.29 is 4.79 Å². The summed E-state index contributed by atoms with van der Waals surface area (Å²) in [5.41, 5.74) is 0. The molecule has 1 aliphatic carbocycles. The van der Waals surface area contributed by atoms with Crippen LogP contribution in [0.3, 0.4) is 0 Å². The largest absolute Gasteiger partial charge is 0.303 e. The fraction of sp³-hybridized carbons (Fsp3) is 0.923. The van der Waals surface area contributed by atoms with Crippen LogP contribution in [0.15, 0.2) is 0 Å². The fourth-order valence-corrected chi connectivity index (χ4v) is 3.22. The zero-order chi connectivity index (χ0) is 10.8. The Kier molecular flexibility index (Phi) is 3.45. The van der Waals surface area contributed by atoms with E-state index in [0.717, 1.165) is 13.0 Å². The van der Waals surface area contributed by atoms with E-state index in [1.54, 1.807) is 0 Å². The maximum absolute atomic E-state index is 12.0. The van der Waals surface area contributed by atoms with Crippen molar-refractivity contribution in [1.82, 2.24) is 4.90 Å². The number of hydrogen-bond acceptors (Lipinski definition) is 2. The smallest absolute Gasteiger partial charge is 0.137 e. The van der Waals surface area contributed by atoms with Crippen molar-refractivity contribution in [1.29, 1.82) is 0 Å². The third kappa shape index (κ3) is 2.60. The van der Waals surface area contributed by atoms with Crippen LogP contribution < -0.4 is 0 Å². The molecular weight excluding hydrogens is 186 g/mol. The molecule has 1 aliphatic heterocycles. The van der Waals surface area contributed by atoms with Crippen LogP contribution in [0.5, 0.6) is 0 Å². The minimum Gasteiger partial charge on any atom is -0.303 e. The van der Waals surface area contributed by atoms with Gasteiger partial charge < -0.3 is 4.90 Å². The molecule has 0 bridgehead atoms. The van der Waals surface area contributed by atoms with Crippen molar-refractivity contribution in [2.45, 2.75) is 39.5 Å². The normalized spacial score (nSPS) is 38.5. The predicted molar refractivity (Wildman–Crippen MR) is 61.7 cm³/mol. The third-order valence-electron chi connectivity index (χ3n) is 4.08. The molecule has 1 saturated heterocycles. The first-order valence-electron chi connectivity index (χ1n) is 6.42. The summed E-state index contributed by atoms with van der Waals surface area (Å²) in [4.78, 5) is 14.5. The Labute approximate surface area is 93.0 Å². The molecule has 0 aromatic heterocycles. The first-order valence-corrected chi connectivity index (χ1v) is 6.42. The van der Waals surface area contributed by atoms with Crippen molar-refractivity contribution in [3.05, 3.63) is 0 Å².